The molecule has 0 aliphatic heterocycles. The number of unbranched alkanes of at least 4 members (excludes halogenated alkanes) is 2. The van der Waals surface area contributed by atoms with Crippen molar-refractivity contribution in [3.63, 3.8) is 0 Å². The minimum atomic E-state index is -0.112. The van der Waals surface area contributed by atoms with Crippen molar-refractivity contribution in [2.75, 3.05) is 27.4 Å². The van der Waals surface area contributed by atoms with Crippen LogP contribution in [-0.4, -0.2) is 39.4 Å². The molecule has 1 saturated carbocycles. The summed E-state index contributed by atoms with van der Waals surface area (Å²) in [6.45, 7) is 1.71. The first-order valence-electron chi connectivity index (χ1n) is 6.09. The molecule has 1 atom stereocenters. The number of carbonyl (C=O) groups excluding carboxylic acids is 1. The van der Waals surface area contributed by atoms with Crippen LogP contribution >= 0.6 is 0 Å². The second kappa shape index (κ2) is 7.63. The van der Waals surface area contributed by atoms with E-state index in [4.69, 9.17) is 9.47 Å². The molecule has 0 aromatic heterocycles. The lowest BCUT2D eigenvalue weighted by atomic mass is 10.1. The molecule has 0 aromatic rings. The van der Waals surface area contributed by atoms with Gasteiger partial charge in [0.25, 0.3) is 0 Å². The van der Waals surface area contributed by atoms with Gasteiger partial charge in [0.05, 0.1) is 7.11 Å². The van der Waals surface area contributed by atoms with Gasteiger partial charge in [0, 0.05) is 13.7 Å². The molecule has 0 bridgehead atoms. The van der Waals surface area contributed by atoms with E-state index in [-0.39, 0.29) is 12.0 Å². The van der Waals surface area contributed by atoms with Gasteiger partial charge in [-0.2, -0.15) is 0 Å². The summed E-state index contributed by atoms with van der Waals surface area (Å²) in [5.74, 6) is 0.394. The van der Waals surface area contributed by atoms with Gasteiger partial charge < -0.3 is 14.8 Å². The summed E-state index contributed by atoms with van der Waals surface area (Å²) in [7, 11) is 3.18. The Hall–Kier alpha value is -0.610. The molecule has 1 unspecified atom stereocenters. The molecule has 0 heterocycles. The van der Waals surface area contributed by atoms with Gasteiger partial charge in [-0.05, 0) is 44.6 Å². The Morgan fingerprint density at radius 1 is 1.31 bits per heavy atom. The number of hydrogen-bond acceptors (Lipinski definition) is 4. The summed E-state index contributed by atoms with van der Waals surface area (Å²) < 4.78 is 9.77. The quantitative estimate of drug-likeness (QED) is 0.479. The lowest BCUT2D eigenvalue weighted by Gasteiger charge is -2.15. The van der Waals surface area contributed by atoms with E-state index in [0.29, 0.717) is 5.92 Å². The minimum absolute atomic E-state index is 0.0765. The number of carbonyl (C=O) groups is 1. The molecule has 1 fully saturated rings. The number of ether oxygens (including phenoxy) is 2. The molecule has 0 radical (unpaired) electrons. The molecule has 16 heavy (non-hydrogen) atoms. The van der Waals surface area contributed by atoms with Gasteiger partial charge >= 0.3 is 5.97 Å². The third-order valence-corrected chi connectivity index (χ3v) is 2.94. The molecule has 1 rings (SSSR count). The van der Waals surface area contributed by atoms with Gasteiger partial charge in [-0.25, -0.2) is 0 Å². The normalized spacial score (nSPS) is 17.1. The first kappa shape index (κ1) is 13.5. The van der Waals surface area contributed by atoms with Crippen molar-refractivity contribution in [1.29, 1.82) is 0 Å². The van der Waals surface area contributed by atoms with Crippen LogP contribution in [0, 0.1) is 5.92 Å². The molecule has 4 heteroatoms. The van der Waals surface area contributed by atoms with Crippen molar-refractivity contribution in [3.05, 3.63) is 0 Å². The van der Waals surface area contributed by atoms with E-state index in [1.807, 2.05) is 0 Å². The highest BCUT2D eigenvalue weighted by Crippen LogP contribution is 2.33. The maximum Gasteiger partial charge on any atom is 0.323 e. The van der Waals surface area contributed by atoms with Crippen molar-refractivity contribution in [2.45, 2.75) is 38.1 Å². The molecule has 1 N–H and O–H groups in total. The van der Waals surface area contributed by atoms with Crippen LogP contribution in [0.1, 0.15) is 32.1 Å². The van der Waals surface area contributed by atoms with Gasteiger partial charge in [0.2, 0.25) is 0 Å². The highest BCUT2D eigenvalue weighted by atomic mass is 16.5. The second-order valence-corrected chi connectivity index (χ2v) is 4.35. The zero-order valence-electron chi connectivity index (χ0n) is 10.3. The van der Waals surface area contributed by atoms with Crippen molar-refractivity contribution in [2.24, 2.45) is 5.92 Å². The zero-order valence-corrected chi connectivity index (χ0v) is 10.3. The predicted molar refractivity (Wildman–Crippen MR) is 62.3 cm³/mol. The lowest BCUT2D eigenvalue weighted by Crippen LogP contribution is -2.39. The number of esters is 1. The molecule has 94 valence electrons. The number of rotatable bonds is 9. The van der Waals surface area contributed by atoms with E-state index >= 15 is 0 Å². The lowest BCUT2D eigenvalue weighted by molar-refractivity contribution is -0.143. The van der Waals surface area contributed by atoms with Crippen LogP contribution in [0.3, 0.4) is 0 Å². The second-order valence-electron chi connectivity index (χ2n) is 4.35. The molecule has 1 aliphatic rings. The van der Waals surface area contributed by atoms with Gasteiger partial charge in [0.1, 0.15) is 6.04 Å². The maximum absolute atomic E-state index is 11.5. The monoisotopic (exact) mass is 229 g/mol. The fourth-order valence-corrected chi connectivity index (χ4v) is 1.80. The Balaban J connectivity index is 2.06. The summed E-state index contributed by atoms with van der Waals surface area (Å²) in [6, 6.07) is -0.0765. The standard InChI is InChI=1S/C12H23NO3/c1-15-9-5-3-4-8-13-11(10-6-7-10)12(14)16-2/h10-11,13H,3-9H2,1-2H3. The maximum atomic E-state index is 11.5. The summed E-state index contributed by atoms with van der Waals surface area (Å²) in [5, 5.41) is 3.29. The van der Waals surface area contributed by atoms with E-state index in [2.05, 4.69) is 5.32 Å². The van der Waals surface area contributed by atoms with E-state index in [9.17, 15) is 4.79 Å². The molecule has 0 saturated heterocycles. The van der Waals surface area contributed by atoms with Gasteiger partial charge in [0.15, 0.2) is 0 Å². The molecule has 0 aromatic carbocycles. The van der Waals surface area contributed by atoms with Crippen LogP contribution in [0.15, 0.2) is 0 Å². The molecular weight excluding hydrogens is 206 g/mol. The van der Waals surface area contributed by atoms with Crippen LogP contribution < -0.4 is 5.32 Å². The van der Waals surface area contributed by atoms with E-state index in [1.165, 1.54) is 7.11 Å². The van der Waals surface area contributed by atoms with Crippen LogP contribution in [0.5, 0.6) is 0 Å². The Kier molecular flexibility index (Phi) is 6.42. The summed E-state index contributed by atoms with van der Waals surface area (Å²) in [4.78, 5) is 11.5. The predicted octanol–water partition coefficient (Wildman–Crippen LogP) is 1.34. The van der Waals surface area contributed by atoms with Crippen LogP contribution in [-0.2, 0) is 14.3 Å². The molecule has 1 aliphatic carbocycles. The van der Waals surface area contributed by atoms with Crippen LogP contribution in [0.4, 0.5) is 0 Å². The van der Waals surface area contributed by atoms with Crippen LogP contribution in [0.25, 0.3) is 0 Å². The van der Waals surface area contributed by atoms with Crippen molar-refractivity contribution >= 4 is 5.97 Å². The Morgan fingerprint density at radius 3 is 2.62 bits per heavy atom. The average molecular weight is 229 g/mol. The largest absolute Gasteiger partial charge is 0.468 e. The summed E-state index contributed by atoms with van der Waals surface area (Å²) >= 11 is 0. The highest BCUT2D eigenvalue weighted by molar-refractivity contribution is 5.76. The number of hydrogen-bond donors (Lipinski definition) is 1. The third-order valence-electron chi connectivity index (χ3n) is 2.94. The Labute approximate surface area is 97.7 Å². The van der Waals surface area contributed by atoms with E-state index in [1.54, 1.807) is 7.11 Å². The van der Waals surface area contributed by atoms with E-state index < -0.39 is 0 Å². The summed E-state index contributed by atoms with van der Waals surface area (Å²) in [5.41, 5.74) is 0. The fraction of sp³-hybridized carbons (Fsp3) is 0.917. The fourth-order valence-electron chi connectivity index (χ4n) is 1.80. The minimum Gasteiger partial charge on any atom is -0.468 e. The zero-order chi connectivity index (χ0) is 11.8. The summed E-state index contributed by atoms with van der Waals surface area (Å²) in [6.07, 6.45) is 5.61. The highest BCUT2D eigenvalue weighted by Gasteiger charge is 2.36. The van der Waals surface area contributed by atoms with Gasteiger partial charge in [-0.3, -0.25) is 4.79 Å². The van der Waals surface area contributed by atoms with Crippen molar-refractivity contribution < 1.29 is 14.3 Å². The first-order valence-corrected chi connectivity index (χ1v) is 6.09. The number of nitrogens with one attached hydrogen (secondary N) is 1. The molecule has 0 amide bonds. The van der Waals surface area contributed by atoms with Gasteiger partial charge in [-0.15, -0.1) is 0 Å². The Morgan fingerprint density at radius 2 is 2.06 bits per heavy atom. The van der Waals surface area contributed by atoms with Crippen molar-refractivity contribution in [3.8, 4) is 0 Å². The topological polar surface area (TPSA) is 47.6 Å². The molecular formula is C12H23NO3. The SMILES string of the molecule is COCCCCCNC(C(=O)OC)C1CC1. The van der Waals surface area contributed by atoms with Gasteiger partial charge in [-0.1, -0.05) is 0 Å². The average Bonchev–Trinajstić information content (AvgIpc) is 3.11. The first-order chi connectivity index (χ1) is 7.79. The number of methoxy groups -OCH3 is 2. The Bertz CT molecular complexity index is 204. The third kappa shape index (κ3) is 4.94. The van der Waals surface area contributed by atoms with E-state index in [0.717, 1.165) is 45.3 Å². The van der Waals surface area contributed by atoms with Crippen LogP contribution in [0.2, 0.25) is 0 Å². The molecule has 0 spiro atoms. The smallest absolute Gasteiger partial charge is 0.323 e. The molecule has 4 nitrogen and oxygen atoms in total. The van der Waals surface area contributed by atoms with Crippen molar-refractivity contribution in [1.82, 2.24) is 5.32 Å².